The highest BCUT2D eigenvalue weighted by atomic mass is 19.1. The van der Waals surface area contributed by atoms with E-state index in [0.717, 1.165) is 35.6 Å². The molecule has 2 aromatic rings. The van der Waals surface area contributed by atoms with E-state index in [9.17, 15) is 4.39 Å². The summed E-state index contributed by atoms with van der Waals surface area (Å²) in [7, 11) is 1.88. The second-order valence-electron chi connectivity index (χ2n) is 4.71. The summed E-state index contributed by atoms with van der Waals surface area (Å²) in [6.45, 7) is 7.48. The first kappa shape index (κ1) is 13.7. The van der Waals surface area contributed by atoms with Gasteiger partial charge in [0, 0.05) is 29.9 Å². The van der Waals surface area contributed by atoms with E-state index in [-0.39, 0.29) is 5.82 Å². The molecular formula is C15H20FN3. The van der Waals surface area contributed by atoms with Crippen LogP contribution in [0.5, 0.6) is 0 Å². The average Bonchev–Trinajstić information content (AvgIpc) is 2.67. The molecule has 0 atom stereocenters. The van der Waals surface area contributed by atoms with Gasteiger partial charge in [0.1, 0.15) is 5.82 Å². The molecule has 0 aliphatic rings. The summed E-state index contributed by atoms with van der Waals surface area (Å²) in [5, 5.41) is 7.54. The maximum Gasteiger partial charge on any atom is 0.131 e. The zero-order chi connectivity index (χ0) is 14.0. The van der Waals surface area contributed by atoms with Gasteiger partial charge < -0.3 is 5.32 Å². The van der Waals surface area contributed by atoms with Gasteiger partial charge in [0.2, 0.25) is 0 Å². The Balaban J connectivity index is 2.57. The molecule has 0 radical (unpaired) electrons. The molecular weight excluding hydrogens is 241 g/mol. The minimum atomic E-state index is -0.193. The Bertz CT molecular complexity index is 587. The second-order valence-corrected chi connectivity index (χ2v) is 4.71. The molecule has 0 saturated heterocycles. The predicted octanol–water partition coefficient (Wildman–Crippen LogP) is 3.05. The minimum absolute atomic E-state index is 0.193. The zero-order valence-electron chi connectivity index (χ0n) is 11.9. The fourth-order valence-corrected chi connectivity index (χ4v) is 2.47. The van der Waals surface area contributed by atoms with Crippen molar-refractivity contribution >= 4 is 0 Å². The van der Waals surface area contributed by atoms with E-state index in [1.54, 1.807) is 0 Å². The Morgan fingerprint density at radius 2 is 2.05 bits per heavy atom. The van der Waals surface area contributed by atoms with Gasteiger partial charge >= 0.3 is 0 Å². The van der Waals surface area contributed by atoms with Gasteiger partial charge in [-0.1, -0.05) is 6.07 Å². The van der Waals surface area contributed by atoms with E-state index in [1.165, 1.54) is 6.07 Å². The number of benzene rings is 1. The van der Waals surface area contributed by atoms with Crippen molar-refractivity contribution in [3.8, 4) is 11.1 Å². The smallest absolute Gasteiger partial charge is 0.131 e. The van der Waals surface area contributed by atoms with E-state index >= 15 is 0 Å². The van der Waals surface area contributed by atoms with Crippen molar-refractivity contribution in [2.24, 2.45) is 0 Å². The van der Waals surface area contributed by atoms with Gasteiger partial charge in [-0.05, 0) is 45.5 Å². The molecule has 0 saturated carbocycles. The molecule has 19 heavy (non-hydrogen) atoms. The van der Waals surface area contributed by atoms with Crippen LogP contribution in [-0.2, 0) is 13.1 Å². The molecule has 1 heterocycles. The SMILES string of the molecule is CCn1nc(C)c(-c2cc(CNC)ccc2F)c1C. The van der Waals surface area contributed by atoms with E-state index < -0.39 is 0 Å². The van der Waals surface area contributed by atoms with Gasteiger partial charge in [0.05, 0.1) is 5.69 Å². The van der Waals surface area contributed by atoms with Crippen LogP contribution in [0.3, 0.4) is 0 Å². The molecule has 4 heteroatoms. The summed E-state index contributed by atoms with van der Waals surface area (Å²) >= 11 is 0. The summed E-state index contributed by atoms with van der Waals surface area (Å²) < 4.78 is 16.0. The standard InChI is InChI=1S/C15H20FN3/c1-5-19-11(3)15(10(2)18-19)13-8-12(9-17-4)6-7-14(13)16/h6-8,17H,5,9H2,1-4H3. The fourth-order valence-electron chi connectivity index (χ4n) is 2.47. The van der Waals surface area contributed by atoms with Gasteiger partial charge in [-0.2, -0.15) is 5.10 Å². The highest BCUT2D eigenvalue weighted by molar-refractivity contribution is 5.69. The molecule has 3 nitrogen and oxygen atoms in total. The molecule has 102 valence electrons. The van der Waals surface area contributed by atoms with Crippen LogP contribution in [0.25, 0.3) is 11.1 Å². The van der Waals surface area contributed by atoms with Crippen molar-refractivity contribution in [2.75, 3.05) is 7.05 Å². The Kier molecular flexibility index (Phi) is 4.00. The predicted molar refractivity (Wildman–Crippen MR) is 75.5 cm³/mol. The van der Waals surface area contributed by atoms with Gasteiger partial charge in [0.25, 0.3) is 0 Å². The lowest BCUT2D eigenvalue weighted by atomic mass is 10.0. The lowest BCUT2D eigenvalue weighted by Gasteiger charge is -2.08. The zero-order valence-corrected chi connectivity index (χ0v) is 11.9. The molecule has 0 fully saturated rings. The second kappa shape index (κ2) is 5.53. The van der Waals surface area contributed by atoms with Gasteiger partial charge in [-0.15, -0.1) is 0 Å². The maximum absolute atomic E-state index is 14.1. The first-order chi connectivity index (χ1) is 9.08. The monoisotopic (exact) mass is 261 g/mol. The Labute approximate surface area is 113 Å². The van der Waals surface area contributed by atoms with E-state index in [2.05, 4.69) is 10.4 Å². The molecule has 0 amide bonds. The number of rotatable bonds is 4. The quantitative estimate of drug-likeness (QED) is 0.916. The number of halogens is 1. The topological polar surface area (TPSA) is 29.9 Å². The van der Waals surface area contributed by atoms with Crippen LogP contribution in [0.15, 0.2) is 18.2 Å². The van der Waals surface area contributed by atoms with Crippen LogP contribution < -0.4 is 5.32 Å². The van der Waals surface area contributed by atoms with Crippen molar-refractivity contribution in [1.82, 2.24) is 15.1 Å². The number of aryl methyl sites for hydroxylation is 2. The van der Waals surface area contributed by atoms with Crippen molar-refractivity contribution in [2.45, 2.75) is 33.9 Å². The summed E-state index contributed by atoms with van der Waals surface area (Å²) in [6.07, 6.45) is 0. The number of nitrogens with one attached hydrogen (secondary N) is 1. The Hall–Kier alpha value is -1.68. The Morgan fingerprint density at radius 3 is 2.63 bits per heavy atom. The maximum atomic E-state index is 14.1. The molecule has 0 aliphatic carbocycles. The van der Waals surface area contributed by atoms with E-state index in [4.69, 9.17) is 0 Å². The Morgan fingerprint density at radius 1 is 1.32 bits per heavy atom. The molecule has 0 aliphatic heterocycles. The molecule has 0 unspecified atom stereocenters. The third-order valence-corrected chi connectivity index (χ3v) is 3.36. The molecule has 2 rings (SSSR count). The fraction of sp³-hybridized carbons (Fsp3) is 0.400. The molecule has 0 spiro atoms. The normalized spacial score (nSPS) is 11.0. The van der Waals surface area contributed by atoms with Crippen molar-refractivity contribution in [3.05, 3.63) is 41.0 Å². The van der Waals surface area contributed by atoms with Crippen LogP contribution in [0, 0.1) is 19.7 Å². The number of hydrogen-bond acceptors (Lipinski definition) is 2. The third kappa shape index (κ3) is 2.54. The van der Waals surface area contributed by atoms with Crippen LogP contribution in [0.2, 0.25) is 0 Å². The van der Waals surface area contributed by atoms with Crippen LogP contribution in [-0.4, -0.2) is 16.8 Å². The highest BCUT2D eigenvalue weighted by Crippen LogP contribution is 2.30. The van der Waals surface area contributed by atoms with Gasteiger partial charge in [-0.3, -0.25) is 4.68 Å². The van der Waals surface area contributed by atoms with Crippen LogP contribution >= 0.6 is 0 Å². The largest absolute Gasteiger partial charge is 0.316 e. The lowest BCUT2D eigenvalue weighted by Crippen LogP contribution is -2.05. The highest BCUT2D eigenvalue weighted by Gasteiger charge is 2.16. The van der Waals surface area contributed by atoms with Crippen LogP contribution in [0.4, 0.5) is 4.39 Å². The minimum Gasteiger partial charge on any atom is -0.316 e. The lowest BCUT2D eigenvalue weighted by molar-refractivity contribution is 0.628. The number of nitrogens with zero attached hydrogens (tertiary/aromatic N) is 2. The van der Waals surface area contributed by atoms with Crippen molar-refractivity contribution < 1.29 is 4.39 Å². The summed E-state index contributed by atoms with van der Waals surface area (Å²) in [4.78, 5) is 0. The average molecular weight is 261 g/mol. The molecule has 1 N–H and O–H groups in total. The summed E-state index contributed by atoms with van der Waals surface area (Å²) in [5.74, 6) is -0.193. The third-order valence-electron chi connectivity index (χ3n) is 3.36. The molecule has 1 aromatic heterocycles. The number of hydrogen-bond donors (Lipinski definition) is 1. The van der Waals surface area contributed by atoms with Gasteiger partial charge in [0.15, 0.2) is 0 Å². The first-order valence-electron chi connectivity index (χ1n) is 6.55. The van der Waals surface area contributed by atoms with Crippen molar-refractivity contribution in [1.29, 1.82) is 0 Å². The summed E-state index contributed by atoms with van der Waals surface area (Å²) in [6, 6.07) is 5.25. The van der Waals surface area contributed by atoms with E-state index in [1.807, 2.05) is 44.6 Å². The molecule has 1 aromatic carbocycles. The van der Waals surface area contributed by atoms with E-state index in [0.29, 0.717) is 5.56 Å². The number of aromatic nitrogens is 2. The molecule has 0 bridgehead atoms. The summed E-state index contributed by atoms with van der Waals surface area (Å²) in [5.41, 5.74) is 4.52. The van der Waals surface area contributed by atoms with Crippen molar-refractivity contribution in [3.63, 3.8) is 0 Å². The first-order valence-corrected chi connectivity index (χ1v) is 6.55. The van der Waals surface area contributed by atoms with Crippen LogP contribution in [0.1, 0.15) is 23.9 Å². The van der Waals surface area contributed by atoms with Gasteiger partial charge in [-0.25, -0.2) is 4.39 Å².